The van der Waals surface area contributed by atoms with Crippen molar-refractivity contribution in [2.75, 3.05) is 0 Å². The number of aryl methyl sites for hydroxylation is 1. The van der Waals surface area contributed by atoms with Crippen molar-refractivity contribution in [1.29, 1.82) is 0 Å². The molecule has 3 aromatic heterocycles. The normalized spacial score (nSPS) is 10.4. The first kappa shape index (κ1) is 13.9. The lowest BCUT2D eigenvalue weighted by molar-refractivity contribution is 0.0697. The molecule has 1 N–H and O–H groups in total. The summed E-state index contributed by atoms with van der Waals surface area (Å²) in [5.74, 6) is -0.986. The number of nitrogens with zero attached hydrogens (tertiary/aromatic N) is 3. The van der Waals surface area contributed by atoms with Gasteiger partial charge in [-0.25, -0.2) is 9.78 Å². The fourth-order valence-corrected chi connectivity index (χ4v) is 2.10. The number of aromatic nitrogens is 3. The van der Waals surface area contributed by atoms with E-state index in [-0.39, 0.29) is 5.56 Å². The average Bonchev–Trinajstić information content (AvgIpc) is 2.55. The Labute approximate surface area is 127 Å². The molecule has 0 aliphatic rings. The van der Waals surface area contributed by atoms with Crippen LogP contribution in [0.2, 0.25) is 0 Å². The van der Waals surface area contributed by atoms with Gasteiger partial charge in [-0.1, -0.05) is 6.07 Å². The van der Waals surface area contributed by atoms with Crippen molar-refractivity contribution < 1.29 is 9.90 Å². The van der Waals surface area contributed by atoms with Crippen molar-refractivity contribution in [2.45, 2.75) is 6.92 Å². The number of rotatable bonds is 3. The first-order valence-electron chi connectivity index (χ1n) is 6.73. The van der Waals surface area contributed by atoms with Gasteiger partial charge in [-0.3, -0.25) is 9.97 Å². The van der Waals surface area contributed by atoms with Crippen LogP contribution < -0.4 is 0 Å². The Balaban J connectivity index is 2.05. The molecule has 0 radical (unpaired) electrons. The fraction of sp³-hybridized carbons (Fsp3) is 0.0588. The van der Waals surface area contributed by atoms with Crippen LogP contribution in [0.25, 0.3) is 22.8 Å². The highest BCUT2D eigenvalue weighted by Gasteiger charge is 2.09. The van der Waals surface area contributed by atoms with E-state index in [4.69, 9.17) is 5.11 Å². The van der Waals surface area contributed by atoms with Gasteiger partial charge in [-0.15, -0.1) is 0 Å². The molecule has 0 aliphatic heterocycles. The molecule has 0 spiro atoms. The second-order valence-electron chi connectivity index (χ2n) is 4.86. The number of hydrogen-bond donors (Lipinski definition) is 1. The average molecular weight is 291 g/mol. The highest BCUT2D eigenvalue weighted by Crippen LogP contribution is 2.21. The molecule has 22 heavy (non-hydrogen) atoms. The lowest BCUT2D eigenvalue weighted by Crippen LogP contribution is -1.98. The Morgan fingerprint density at radius 2 is 1.55 bits per heavy atom. The molecule has 0 atom stereocenters. The molecular weight excluding hydrogens is 278 g/mol. The van der Waals surface area contributed by atoms with E-state index in [0.717, 1.165) is 17.0 Å². The van der Waals surface area contributed by atoms with Crippen molar-refractivity contribution in [3.05, 3.63) is 66.0 Å². The topological polar surface area (TPSA) is 76.0 Å². The van der Waals surface area contributed by atoms with Crippen LogP contribution in [-0.2, 0) is 0 Å². The number of carbonyl (C=O) groups is 1. The maximum Gasteiger partial charge on any atom is 0.335 e. The molecule has 5 heteroatoms. The van der Waals surface area contributed by atoms with E-state index >= 15 is 0 Å². The summed E-state index contributed by atoms with van der Waals surface area (Å²) in [6.45, 7) is 1.99. The molecule has 0 fully saturated rings. The molecule has 0 aromatic carbocycles. The van der Waals surface area contributed by atoms with Crippen LogP contribution in [0.5, 0.6) is 0 Å². The van der Waals surface area contributed by atoms with Crippen LogP contribution in [-0.4, -0.2) is 26.0 Å². The summed E-state index contributed by atoms with van der Waals surface area (Å²) in [6.07, 6.45) is 3.21. The minimum atomic E-state index is -0.986. The maximum atomic E-state index is 11.1. The third kappa shape index (κ3) is 2.83. The van der Waals surface area contributed by atoms with Gasteiger partial charge >= 0.3 is 5.97 Å². The van der Waals surface area contributed by atoms with Gasteiger partial charge in [0, 0.05) is 12.4 Å². The lowest BCUT2D eigenvalue weighted by atomic mass is 10.1. The zero-order valence-corrected chi connectivity index (χ0v) is 11.9. The Hall–Kier alpha value is -3.08. The molecule has 5 nitrogen and oxygen atoms in total. The predicted molar refractivity (Wildman–Crippen MR) is 82.4 cm³/mol. The van der Waals surface area contributed by atoms with Crippen molar-refractivity contribution in [1.82, 2.24) is 15.0 Å². The molecule has 0 aliphatic carbocycles. The van der Waals surface area contributed by atoms with Gasteiger partial charge in [-0.2, -0.15) is 0 Å². The second kappa shape index (κ2) is 5.73. The van der Waals surface area contributed by atoms with E-state index < -0.39 is 5.97 Å². The van der Waals surface area contributed by atoms with E-state index in [9.17, 15) is 4.79 Å². The molecule has 0 saturated carbocycles. The third-order valence-corrected chi connectivity index (χ3v) is 3.20. The van der Waals surface area contributed by atoms with E-state index in [1.165, 1.54) is 18.3 Å². The summed E-state index contributed by atoms with van der Waals surface area (Å²) in [6, 6.07) is 12.4. The fourth-order valence-electron chi connectivity index (χ4n) is 2.10. The molecule has 0 bridgehead atoms. The number of pyridine rings is 3. The van der Waals surface area contributed by atoms with Crippen molar-refractivity contribution in [2.24, 2.45) is 0 Å². The molecule has 3 heterocycles. The first-order valence-corrected chi connectivity index (χ1v) is 6.73. The van der Waals surface area contributed by atoms with Crippen LogP contribution in [0.4, 0.5) is 0 Å². The van der Waals surface area contributed by atoms with Gasteiger partial charge in [0.25, 0.3) is 0 Å². The largest absolute Gasteiger partial charge is 0.478 e. The minimum absolute atomic E-state index is 0.186. The summed E-state index contributed by atoms with van der Waals surface area (Å²) in [5, 5.41) is 9.06. The molecule has 3 rings (SSSR count). The standard InChI is InChI=1S/C17H13N3O2/c1-11-5-7-18-15(9-11)13-3-2-4-14(20-13)16-10-12(17(21)22)6-8-19-16/h2-10H,1H3,(H,21,22). The van der Waals surface area contributed by atoms with Crippen LogP contribution >= 0.6 is 0 Å². The predicted octanol–water partition coefficient (Wildman–Crippen LogP) is 3.21. The molecule has 3 aromatic rings. The maximum absolute atomic E-state index is 11.1. The van der Waals surface area contributed by atoms with Crippen molar-refractivity contribution in [3.63, 3.8) is 0 Å². The van der Waals surface area contributed by atoms with Crippen LogP contribution in [0, 0.1) is 6.92 Å². The van der Waals surface area contributed by atoms with Crippen LogP contribution in [0.15, 0.2) is 54.9 Å². The van der Waals surface area contributed by atoms with E-state index in [1.807, 2.05) is 31.2 Å². The zero-order chi connectivity index (χ0) is 15.5. The van der Waals surface area contributed by atoms with Crippen molar-refractivity contribution in [3.8, 4) is 22.8 Å². The van der Waals surface area contributed by atoms with E-state index in [0.29, 0.717) is 11.4 Å². The Morgan fingerprint density at radius 1 is 0.909 bits per heavy atom. The number of aromatic carboxylic acids is 1. The zero-order valence-electron chi connectivity index (χ0n) is 11.9. The first-order chi connectivity index (χ1) is 10.6. The Bertz CT molecular complexity index is 847. The van der Waals surface area contributed by atoms with Crippen LogP contribution in [0.3, 0.4) is 0 Å². The summed E-state index contributed by atoms with van der Waals surface area (Å²) >= 11 is 0. The monoisotopic (exact) mass is 291 g/mol. The molecule has 0 amide bonds. The molecule has 108 valence electrons. The Kier molecular flexibility index (Phi) is 3.62. The van der Waals surface area contributed by atoms with Gasteiger partial charge in [0.1, 0.15) is 0 Å². The number of carboxylic acid groups (broad SMARTS) is 1. The summed E-state index contributed by atoms with van der Waals surface area (Å²) in [4.78, 5) is 24.1. The van der Waals surface area contributed by atoms with Crippen LogP contribution in [0.1, 0.15) is 15.9 Å². The lowest BCUT2D eigenvalue weighted by Gasteiger charge is -2.05. The highest BCUT2D eigenvalue weighted by molar-refractivity contribution is 5.88. The highest BCUT2D eigenvalue weighted by atomic mass is 16.4. The van der Waals surface area contributed by atoms with Gasteiger partial charge in [0.2, 0.25) is 0 Å². The minimum Gasteiger partial charge on any atom is -0.478 e. The van der Waals surface area contributed by atoms with E-state index in [2.05, 4.69) is 15.0 Å². The van der Waals surface area contributed by atoms with Gasteiger partial charge < -0.3 is 5.11 Å². The summed E-state index contributed by atoms with van der Waals surface area (Å²) in [7, 11) is 0. The van der Waals surface area contributed by atoms with Gasteiger partial charge in [0.05, 0.1) is 28.3 Å². The van der Waals surface area contributed by atoms with Crippen molar-refractivity contribution >= 4 is 5.97 Å². The summed E-state index contributed by atoms with van der Waals surface area (Å²) < 4.78 is 0. The Morgan fingerprint density at radius 3 is 2.18 bits per heavy atom. The van der Waals surface area contributed by atoms with Gasteiger partial charge in [0.15, 0.2) is 0 Å². The molecule has 0 unspecified atom stereocenters. The number of hydrogen-bond acceptors (Lipinski definition) is 4. The SMILES string of the molecule is Cc1ccnc(-c2cccc(-c3cc(C(=O)O)ccn3)n2)c1. The molecular formula is C17H13N3O2. The quantitative estimate of drug-likeness (QED) is 0.801. The number of carboxylic acids is 1. The smallest absolute Gasteiger partial charge is 0.335 e. The van der Waals surface area contributed by atoms with E-state index in [1.54, 1.807) is 12.3 Å². The summed E-state index contributed by atoms with van der Waals surface area (Å²) in [5.41, 5.74) is 3.92. The molecule has 0 saturated heterocycles. The second-order valence-corrected chi connectivity index (χ2v) is 4.86. The van der Waals surface area contributed by atoms with Gasteiger partial charge in [-0.05, 0) is 48.9 Å². The third-order valence-electron chi connectivity index (χ3n) is 3.20.